The highest BCUT2D eigenvalue weighted by Crippen LogP contribution is 2.04. The highest BCUT2D eigenvalue weighted by Gasteiger charge is 2.08. The van der Waals surface area contributed by atoms with E-state index in [1.54, 1.807) is 24.3 Å². The molecule has 0 aliphatic heterocycles. The zero-order valence-corrected chi connectivity index (χ0v) is 14.4. The molecule has 134 valence electrons. The number of carbonyl (C=O) groups is 1. The van der Waals surface area contributed by atoms with Crippen molar-refractivity contribution in [2.24, 2.45) is 0 Å². The quantitative estimate of drug-likeness (QED) is 0.689. The molecule has 0 fully saturated rings. The van der Waals surface area contributed by atoms with Crippen molar-refractivity contribution < 1.29 is 4.79 Å². The van der Waals surface area contributed by atoms with Crippen molar-refractivity contribution in [2.45, 2.75) is 26.4 Å². The van der Waals surface area contributed by atoms with Crippen molar-refractivity contribution in [1.82, 2.24) is 24.4 Å². The average Bonchev–Trinajstić information content (AvgIpc) is 2.65. The van der Waals surface area contributed by atoms with Crippen molar-refractivity contribution in [3.05, 3.63) is 69.4 Å². The number of amides is 1. The Morgan fingerprint density at radius 3 is 2.65 bits per heavy atom. The van der Waals surface area contributed by atoms with Gasteiger partial charge in [0.1, 0.15) is 6.54 Å². The topological polar surface area (TPSA) is 98.9 Å². The fourth-order valence-electron chi connectivity index (χ4n) is 2.57. The van der Waals surface area contributed by atoms with Crippen molar-refractivity contribution in [3.8, 4) is 0 Å². The van der Waals surface area contributed by atoms with E-state index in [2.05, 4.69) is 15.3 Å². The molecule has 0 unspecified atom stereocenters. The van der Waals surface area contributed by atoms with Gasteiger partial charge in [0.2, 0.25) is 5.91 Å². The lowest BCUT2D eigenvalue weighted by Gasteiger charge is -2.09. The molecule has 0 radical (unpaired) electrons. The van der Waals surface area contributed by atoms with Crippen LogP contribution in [-0.4, -0.2) is 31.6 Å². The molecule has 0 aliphatic carbocycles. The number of para-hydroxylation sites is 1. The third kappa shape index (κ3) is 3.85. The first-order valence-corrected chi connectivity index (χ1v) is 8.34. The standard InChI is InChI=1S/C18H19N5O3/c1-2-13-9-17(25)22(11-20-13)8-7-19-16(24)10-23-12-21-15-6-4-3-5-14(15)18(23)26/h3-6,9,11-12H,2,7-8,10H2,1H3,(H,19,24). The van der Waals surface area contributed by atoms with E-state index in [1.165, 1.54) is 27.9 Å². The highest BCUT2D eigenvalue weighted by molar-refractivity contribution is 5.78. The van der Waals surface area contributed by atoms with Gasteiger partial charge in [0.15, 0.2) is 0 Å². The molecule has 8 nitrogen and oxygen atoms in total. The van der Waals surface area contributed by atoms with Gasteiger partial charge in [-0.1, -0.05) is 19.1 Å². The van der Waals surface area contributed by atoms with Crippen LogP contribution in [0.4, 0.5) is 0 Å². The molecule has 8 heteroatoms. The fourth-order valence-corrected chi connectivity index (χ4v) is 2.57. The normalized spacial score (nSPS) is 10.8. The van der Waals surface area contributed by atoms with Gasteiger partial charge in [0.05, 0.1) is 23.6 Å². The minimum Gasteiger partial charge on any atom is -0.353 e. The lowest BCUT2D eigenvalue weighted by atomic mass is 10.2. The Morgan fingerprint density at radius 2 is 1.88 bits per heavy atom. The summed E-state index contributed by atoms with van der Waals surface area (Å²) in [5.41, 5.74) is 0.914. The number of nitrogens with one attached hydrogen (secondary N) is 1. The Labute approximate surface area is 149 Å². The Morgan fingerprint density at radius 1 is 1.12 bits per heavy atom. The van der Waals surface area contributed by atoms with E-state index in [-0.39, 0.29) is 30.1 Å². The van der Waals surface area contributed by atoms with Crippen LogP contribution in [0, 0.1) is 0 Å². The Balaban J connectivity index is 1.60. The molecule has 0 bridgehead atoms. The van der Waals surface area contributed by atoms with Crippen LogP contribution in [0.3, 0.4) is 0 Å². The maximum atomic E-state index is 12.4. The third-order valence-corrected chi connectivity index (χ3v) is 4.02. The van der Waals surface area contributed by atoms with Gasteiger partial charge >= 0.3 is 0 Å². The van der Waals surface area contributed by atoms with Crippen LogP contribution in [-0.2, 0) is 24.3 Å². The Kier molecular flexibility index (Phi) is 5.21. The number of carbonyl (C=O) groups excluding carboxylic acids is 1. The van der Waals surface area contributed by atoms with Crippen LogP contribution in [0.1, 0.15) is 12.6 Å². The molecule has 1 aromatic carbocycles. The molecule has 3 aromatic rings. The van der Waals surface area contributed by atoms with E-state index in [1.807, 2.05) is 6.92 Å². The van der Waals surface area contributed by atoms with Crippen LogP contribution < -0.4 is 16.4 Å². The average molecular weight is 353 g/mol. The van der Waals surface area contributed by atoms with E-state index < -0.39 is 0 Å². The van der Waals surface area contributed by atoms with Gasteiger partial charge < -0.3 is 5.32 Å². The van der Waals surface area contributed by atoms with Gasteiger partial charge in [-0.2, -0.15) is 0 Å². The molecule has 0 atom stereocenters. The molecular weight excluding hydrogens is 334 g/mol. The minimum absolute atomic E-state index is 0.126. The summed E-state index contributed by atoms with van der Waals surface area (Å²) >= 11 is 0. The summed E-state index contributed by atoms with van der Waals surface area (Å²) in [7, 11) is 0. The van der Waals surface area contributed by atoms with E-state index in [0.29, 0.717) is 23.9 Å². The van der Waals surface area contributed by atoms with Crippen molar-refractivity contribution in [1.29, 1.82) is 0 Å². The Hall–Kier alpha value is -3.29. The second-order valence-electron chi connectivity index (χ2n) is 5.81. The van der Waals surface area contributed by atoms with Crippen LogP contribution in [0.25, 0.3) is 10.9 Å². The third-order valence-electron chi connectivity index (χ3n) is 4.02. The monoisotopic (exact) mass is 353 g/mol. The summed E-state index contributed by atoms with van der Waals surface area (Å²) in [6.45, 7) is 2.38. The zero-order chi connectivity index (χ0) is 18.5. The van der Waals surface area contributed by atoms with Gasteiger partial charge in [-0.15, -0.1) is 0 Å². The lowest BCUT2D eigenvalue weighted by Crippen LogP contribution is -2.35. The Bertz CT molecular complexity index is 1050. The summed E-state index contributed by atoms with van der Waals surface area (Å²) in [6, 6.07) is 8.47. The number of fused-ring (bicyclic) bond motifs is 1. The second kappa shape index (κ2) is 7.73. The number of aromatic nitrogens is 4. The molecule has 1 N–H and O–H groups in total. The molecule has 0 saturated heterocycles. The summed E-state index contributed by atoms with van der Waals surface area (Å²) in [5, 5.41) is 3.17. The molecule has 1 amide bonds. The predicted octanol–water partition coefficient (Wildman–Crippen LogP) is 0.332. The van der Waals surface area contributed by atoms with Crippen molar-refractivity contribution in [3.63, 3.8) is 0 Å². The predicted molar refractivity (Wildman–Crippen MR) is 96.9 cm³/mol. The fraction of sp³-hybridized carbons (Fsp3) is 0.278. The number of aryl methyl sites for hydroxylation is 1. The number of hydrogen-bond donors (Lipinski definition) is 1. The van der Waals surface area contributed by atoms with E-state index in [4.69, 9.17) is 0 Å². The van der Waals surface area contributed by atoms with Gasteiger partial charge in [-0.05, 0) is 18.6 Å². The first-order chi connectivity index (χ1) is 12.6. The molecule has 3 rings (SSSR count). The number of rotatable bonds is 6. The van der Waals surface area contributed by atoms with Crippen LogP contribution >= 0.6 is 0 Å². The van der Waals surface area contributed by atoms with Gasteiger partial charge in [-0.3, -0.25) is 23.5 Å². The molecule has 2 heterocycles. The molecule has 0 saturated carbocycles. The van der Waals surface area contributed by atoms with E-state index in [9.17, 15) is 14.4 Å². The van der Waals surface area contributed by atoms with Gasteiger partial charge in [0, 0.05) is 24.8 Å². The summed E-state index contributed by atoms with van der Waals surface area (Å²) in [4.78, 5) is 44.7. The minimum atomic E-state index is -0.324. The van der Waals surface area contributed by atoms with Crippen molar-refractivity contribution in [2.75, 3.05) is 6.54 Å². The number of nitrogens with zero attached hydrogens (tertiary/aromatic N) is 4. The first-order valence-electron chi connectivity index (χ1n) is 8.34. The van der Waals surface area contributed by atoms with Crippen LogP contribution in [0.2, 0.25) is 0 Å². The second-order valence-corrected chi connectivity index (χ2v) is 5.81. The lowest BCUT2D eigenvalue weighted by molar-refractivity contribution is -0.121. The largest absolute Gasteiger partial charge is 0.353 e. The molecule has 0 spiro atoms. The van der Waals surface area contributed by atoms with Crippen LogP contribution in [0.15, 0.2) is 52.6 Å². The van der Waals surface area contributed by atoms with Gasteiger partial charge in [0.25, 0.3) is 11.1 Å². The van der Waals surface area contributed by atoms with E-state index >= 15 is 0 Å². The highest BCUT2D eigenvalue weighted by atomic mass is 16.2. The van der Waals surface area contributed by atoms with Crippen LogP contribution in [0.5, 0.6) is 0 Å². The summed E-state index contributed by atoms with van der Waals surface area (Å²) < 4.78 is 2.70. The smallest absolute Gasteiger partial charge is 0.261 e. The zero-order valence-electron chi connectivity index (χ0n) is 14.4. The summed E-state index contributed by atoms with van der Waals surface area (Å²) in [6.07, 6.45) is 3.54. The summed E-state index contributed by atoms with van der Waals surface area (Å²) in [5.74, 6) is -0.324. The molecule has 26 heavy (non-hydrogen) atoms. The molecular formula is C18H19N5O3. The number of benzene rings is 1. The molecule has 0 aliphatic rings. The van der Waals surface area contributed by atoms with Gasteiger partial charge in [-0.25, -0.2) is 9.97 Å². The SMILES string of the molecule is CCc1cc(=O)n(CCNC(=O)Cn2cnc3ccccc3c2=O)cn1. The van der Waals surface area contributed by atoms with Crippen molar-refractivity contribution >= 4 is 16.8 Å². The number of hydrogen-bond acceptors (Lipinski definition) is 5. The van der Waals surface area contributed by atoms with E-state index in [0.717, 1.165) is 5.69 Å². The first kappa shape index (κ1) is 17.5. The molecule has 2 aromatic heterocycles. The maximum Gasteiger partial charge on any atom is 0.261 e. The maximum absolute atomic E-state index is 12.4.